The zero-order valence-corrected chi connectivity index (χ0v) is 9.77. The number of carboxylic acids is 1. The molecule has 5 heteroatoms. The summed E-state index contributed by atoms with van der Waals surface area (Å²) in [5.74, 6) is -0.891. The van der Waals surface area contributed by atoms with E-state index in [9.17, 15) is 9.59 Å². The predicted octanol–water partition coefficient (Wildman–Crippen LogP) is 1.29. The molecule has 1 unspecified atom stereocenters. The molecule has 0 aliphatic rings. The van der Waals surface area contributed by atoms with Gasteiger partial charge in [0.1, 0.15) is 5.75 Å². The van der Waals surface area contributed by atoms with E-state index in [0.717, 1.165) is 0 Å². The zero-order valence-electron chi connectivity index (χ0n) is 9.77. The highest BCUT2D eigenvalue weighted by atomic mass is 16.5. The molecule has 5 nitrogen and oxygen atoms in total. The topological polar surface area (TPSA) is 75.6 Å². The highest BCUT2D eigenvalue weighted by Crippen LogP contribution is 2.15. The van der Waals surface area contributed by atoms with Crippen molar-refractivity contribution in [1.29, 1.82) is 0 Å². The summed E-state index contributed by atoms with van der Waals surface area (Å²) >= 11 is 0. The molecule has 1 aromatic carbocycles. The van der Waals surface area contributed by atoms with Crippen molar-refractivity contribution in [3.8, 4) is 5.75 Å². The van der Waals surface area contributed by atoms with Gasteiger partial charge in [-0.1, -0.05) is 6.07 Å². The van der Waals surface area contributed by atoms with Crippen molar-refractivity contribution in [2.45, 2.75) is 20.0 Å². The molecule has 1 atom stereocenters. The molecule has 0 radical (unpaired) electrons. The first-order chi connectivity index (χ1) is 8.04. The van der Waals surface area contributed by atoms with Gasteiger partial charge in [-0.15, -0.1) is 0 Å². The highest BCUT2D eigenvalue weighted by molar-refractivity contribution is 5.94. The molecule has 0 bridgehead atoms. The van der Waals surface area contributed by atoms with Gasteiger partial charge in [-0.25, -0.2) is 4.79 Å². The van der Waals surface area contributed by atoms with E-state index in [1.807, 2.05) is 6.92 Å². The zero-order chi connectivity index (χ0) is 12.8. The van der Waals surface area contributed by atoms with E-state index < -0.39 is 12.1 Å². The Balaban J connectivity index is 2.79. The van der Waals surface area contributed by atoms with Crippen molar-refractivity contribution >= 4 is 11.9 Å². The van der Waals surface area contributed by atoms with E-state index in [1.165, 1.54) is 13.0 Å². The molecule has 1 aromatic rings. The van der Waals surface area contributed by atoms with E-state index in [4.69, 9.17) is 9.84 Å². The van der Waals surface area contributed by atoms with Crippen LogP contribution in [0.25, 0.3) is 0 Å². The maximum Gasteiger partial charge on any atom is 0.344 e. The van der Waals surface area contributed by atoms with Crippen LogP contribution >= 0.6 is 0 Å². The second-order valence-corrected chi connectivity index (χ2v) is 3.49. The number of amides is 1. The number of benzene rings is 1. The number of ether oxygens (including phenoxy) is 1. The van der Waals surface area contributed by atoms with E-state index in [1.54, 1.807) is 18.2 Å². The third-order valence-corrected chi connectivity index (χ3v) is 2.09. The number of nitrogens with one attached hydrogen (secondary N) is 1. The summed E-state index contributed by atoms with van der Waals surface area (Å²) in [6.07, 6.45) is -0.945. The van der Waals surface area contributed by atoms with Gasteiger partial charge in [0.25, 0.3) is 5.91 Å². The third kappa shape index (κ3) is 3.79. The number of hydrogen-bond acceptors (Lipinski definition) is 3. The van der Waals surface area contributed by atoms with Crippen LogP contribution in [0.3, 0.4) is 0 Å². The van der Waals surface area contributed by atoms with E-state index in [-0.39, 0.29) is 5.91 Å². The molecule has 0 aromatic heterocycles. The Kier molecular flexibility index (Phi) is 4.51. The Bertz CT molecular complexity index is 417. The standard InChI is InChI=1S/C12H15NO4/c1-3-13-11(14)9-5-4-6-10(7-9)17-8(2)12(15)16/h4-8H,3H2,1-2H3,(H,13,14)(H,15,16). The van der Waals surface area contributed by atoms with Crippen molar-refractivity contribution in [2.24, 2.45) is 0 Å². The summed E-state index contributed by atoms with van der Waals surface area (Å²) in [4.78, 5) is 22.2. The molecule has 17 heavy (non-hydrogen) atoms. The van der Waals surface area contributed by atoms with Crippen LogP contribution in [0, 0.1) is 0 Å². The average Bonchev–Trinajstić information content (AvgIpc) is 2.29. The molecule has 0 saturated carbocycles. The minimum Gasteiger partial charge on any atom is -0.479 e. The molecule has 2 N–H and O–H groups in total. The SMILES string of the molecule is CCNC(=O)c1cccc(OC(C)C(=O)O)c1. The summed E-state index contributed by atoms with van der Waals surface area (Å²) in [5.41, 5.74) is 0.446. The number of hydrogen-bond donors (Lipinski definition) is 2. The normalized spacial score (nSPS) is 11.6. The van der Waals surface area contributed by atoms with Gasteiger partial charge in [-0.05, 0) is 32.0 Å². The van der Waals surface area contributed by atoms with Gasteiger partial charge < -0.3 is 15.2 Å². The molecule has 1 rings (SSSR count). The Morgan fingerprint density at radius 2 is 2.18 bits per heavy atom. The largest absolute Gasteiger partial charge is 0.479 e. The molecule has 0 aliphatic heterocycles. The first-order valence-corrected chi connectivity index (χ1v) is 5.32. The van der Waals surface area contributed by atoms with Crippen molar-refractivity contribution in [1.82, 2.24) is 5.32 Å². The molecular formula is C12H15NO4. The molecular weight excluding hydrogens is 222 g/mol. The van der Waals surface area contributed by atoms with E-state index in [0.29, 0.717) is 17.9 Å². The van der Waals surface area contributed by atoms with Gasteiger partial charge in [0.15, 0.2) is 6.10 Å². The molecule has 0 fully saturated rings. The predicted molar refractivity (Wildman–Crippen MR) is 62.2 cm³/mol. The van der Waals surface area contributed by atoms with Gasteiger partial charge in [-0.3, -0.25) is 4.79 Å². The lowest BCUT2D eigenvalue weighted by Crippen LogP contribution is -2.24. The summed E-state index contributed by atoms with van der Waals surface area (Å²) < 4.78 is 5.17. The Morgan fingerprint density at radius 1 is 1.47 bits per heavy atom. The van der Waals surface area contributed by atoms with Crippen LogP contribution in [0.5, 0.6) is 5.75 Å². The van der Waals surface area contributed by atoms with E-state index >= 15 is 0 Å². The smallest absolute Gasteiger partial charge is 0.344 e. The number of carbonyl (C=O) groups excluding carboxylic acids is 1. The minimum atomic E-state index is -1.05. The number of rotatable bonds is 5. The molecule has 0 aliphatic carbocycles. The van der Waals surface area contributed by atoms with Crippen LogP contribution in [0.15, 0.2) is 24.3 Å². The summed E-state index contributed by atoms with van der Waals surface area (Å²) in [5, 5.41) is 11.4. The molecule has 0 saturated heterocycles. The average molecular weight is 237 g/mol. The maximum atomic E-state index is 11.5. The number of carboxylic acid groups (broad SMARTS) is 1. The van der Waals surface area contributed by atoms with Crippen LogP contribution in [0.4, 0.5) is 0 Å². The quantitative estimate of drug-likeness (QED) is 0.809. The van der Waals surface area contributed by atoms with Gasteiger partial charge in [0.2, 0.25) is 0 Å². The highest BCUT2D eigenvalue weighted by Gasteiger charge is 2.13. The van der Waals surface area contributed by atoms with Crippen LogP contribution < -0.4 is 10.1 Å². The Morgan fingerprint density at radius 3 is 2.76 bits per heavy atom. The van der Waals surface area contributed by atoms with Crippen LogP contribution in [-0.4, -0.2) is 29.6 Å². The fourth-order valence-electron chi connectivity index (χ4n) is 1.23. The van der Waals surface area contributed by atoms with E-state index in [2.05, 4.69) is 5.32 Å². The second-order valence-electron chi connectivity index (χ2n) is 3.49. The van der Waals surface area contributed by atoms with Gasteiger partial charge in [0.05, 0.1) is 0 Å². The molecule has 0 heterocycles. The third-order valence-electron chi connectivity index (χ3n) is 2.09. The fourth-order valence-corrected chi connectivity index (χ4v) is 1.23. The van der Waals surface area contributed by atoms with Gasteiger partial charge in [-0.2, -0.15) is 0 Å². The van der Waals surface area contributed by atoms with Gasteiger partial charge in [0, 0.05) is 12.1 Å². The first kappa shape index (κ1) is 13.0. The molecule has 0 spiro atoms. The fraction of sp³-hybridized carbons (Fsp3) is 0.333. The van der Waals surface area contributed by atoms with Crippen molar-refractivity contribution < 1.29 is 19.4 Å². The number of aliphatic carboxylic acids is 1. The van der Waals surface area contributed by atoms with Gasteiger partial charge >= 0.3 is 5.97 Å². The van der Waals surface area contributed by atoms with Crippen molar-refractivity contribution in [2.75, 3.05) is 6.54 Å². The van der Waals surface area contributed by atoms with Crippen LogP contribution in [0.2, 0.25) is 0 Å². The Labute approximate surface area is 99.4 Å². The summed E-state index contributed by atoms with van der Waals surface area (Å²) in [6.45, 7) is 3.79. The first-order valence-electron chi connectivity index (χ1n) is 5.32. The second kappa shape index (κ2) is 5.89. The monoisotopic (exact) mass is 237 g/mol. The Hall–Kier alpha value is -2.04. The number of carbonyl (C=O) groups is 2. The maximum absolute atomic E-state index is 11.5. The van der Waals surface area contributed by atoms with Crippen molar-refractivity contribution in [3.05, 3.63) is 29.8 Å². The van der Waals surface area contributed by atoms with Crippen molar-refractivity contribution in [3.63, 3.8) is 0 Å². The summed E-state index contributed by atoms with van der Waals surface area (Å²) in [7, 11) is 0. The summed E-state index contributed by atoms with van der Waals surface area (Å²) in [6, 6.07) is 6.42. The molecule has 92 valence electrons. The molecule has 1 amide bonds. The minimum absolute atomic E-state index is 0.207. The van der Waals surface area contributed by atoms with Crippen LogP contribution in [-0.2, 0) is 4.79 Å². The lowest BCUT2D eigenvalue weighted by molar-refractivity contribution is -0.144. The van der Waals surface area contributed by atoms with Crippen LogP contribution in [0.1, 0.15) is 24.2 Å². The lowest BCUT2D eigenvalue weighted by Gasteiger charge is -2.11. The lowest BCUT2D eigenvalue weighted by atomic mass is 10.2.